The van der Waals surface area contributed by atoms with E-state index in [9.17, 15) is 24.3 Å². The summed E-state index contributed by atoms with van der Waals surface area (Å²) < 4.78 is 0. The molecule has 2 aliphatic rings. The number of hydrogen-bond acceptors (Lipinski definition) is 5. The van der Waals surface area contributed by atoms with E-state index in [1.807, 2.05) is 0 Å². The molecule has 0 aromatic heterocycles. The normalized spacial score (nSPS) is 29.8. The van der Waals surface area contributed by atoms with Gasteiger partial charge in [-0.3, -0.25) is 19.2 Å². The number of nitrogens with zero attached hydrogens (tertiary/aromatic N) is 1. The minimum atomic E-state index is -1.22. The van der Waals surface area contributed by atoms with Gasteiger partial charge >= 0.3 is 5.97 Å². The largest absolute Gasteiger partial charge is 0.481 e. The van der Waals surface area contributed by atoms with Crippen LogP contribution in [0, 0.1) is 5.41 Å². The highest BCUT2D eigenvalue weighted by atomic mass is 79.9. The molecule has 2 fully saturated rings. The number of alkyl halides is 1. The number of rotatable bonds is 6. The van der Waals surface area contributed by atoms with Crippen molar-refractivity contribution in [3.05, 3.63) is 11.6 Å². The van der Waals surface area contributed by atoms with E-state index < -0.39 is 23.3 Å². The average molecular weight is 426 g/mol. The molecule has 0 aromatic rings. The molecular weight excluding hydrogens is 412 g/mol. The van der Waals surface area contributed by atoms with E-state index >= 15 is 0 Å². The van der Waals surface area contributed by atoms with Gasteiger partial charge in [-0.1, -0.05) is 33.6 Å². The smallest absolute Gasteiger partial charge is 0.316 e. The Kier molecular flexibility index (Phi) is 5.74. The van der Waals surface area contributed by atoms with E-state index in [2.05, 4.69) is 21.2 Å². The summed E-state index contributed by atoms with van der Waals surface area (Å²) in [5.74, 6) is -1.95. The first-order valence-corrected chi connectivity index (χ1v) is 9.26. The Labute approximate surface area is 149 Å². The van der Waals surface area contributed by atoms with E-state index in [4.69, 9.17) is 11.6 Å². The van der Waals surface area contributed by atoms with Crippen molar-refractivity contribution in [2.24, 2.45) is 5.41 Å². The predicted octanol–water partition coefficient (Wildman–Crippen LogP) is 0.564. The summed E-state index contributed by atoms with van der Waals surface area (Å²) in [5.41, 5.74) is -0.0795. The van der Waals surface area contributed by atoms with E-state index in [0.29, 0.717) is 0 Å². The van der Waals surface area contributed by atoms with Gasteiger partial charge in [0.25, 0.3) is 0 Å². The van der Waals surface area contributed by atoms with E-state index in [1.165, 1.54) is 22.7 Å². The zero-order chi connectivity index (χ0) is 17.2. The minimum Gasteiger partial charge on any atom is -0.481 e. The number of amides is 2. The summed E-state index contributed by atoms with van der Waals surface area (Å²) in [7, 11) is 0. The number of nitrogens with one attached hydrogen (secondary N) is 1. The molecule has 0 radical (unpaired) electrons. The number of carbonyl (C=O) groups excluding carboxylic acids is 3. The number of thioether (sulfide) groups is 1. The monoisotopic (exact) mass is 424 g/mol. The maximum Gasteiger partial charge on any atom is 0.316 e. The highest BCUT2D eigenvalue weighted by Gasteiger charge is 2.56. The zero-order valence-electron chi connectivity index (χ0n) is 11.8. The van der Waals surface area contributed by atoms with Crippen molar-refractivity contribution in [1.29, 1.82) is 0 Å². The number of β-lactam (4-membered cyclic amide) rings is 1. The quantitative estimate of drug-likeness (QED) is 0.366. The van der Waals surface area contributed by atoms with Crippen LogP contribution in [-0.4, -0.2) is 62.6 Å². The van der Waals surface area contributed by atoms with Crippen LogP contribution in [0.25, 0.3) is 0 Å². The molecule has 10 heteroatoms. The fraction of sp³-hybridized carbons (Fsp3) is 0.538. The number of hydrogen-bond donors (Lipinski definition) is 2. The minimum absolute atomic E-state index is 0.00868. The van der Waals surface area contributed by atoms with Crippen LogP contribution in [0.15, 0.2) is 11.6 Å². The third kappa shape index (κ3) is 3.56. The molecule has 3 atom stereocenters. The Hall–Kier alpha value is -1.06. The first kappa shape index (κ1) is 18.3. The van der Waals surface area contributed by atoms with Gasteiger partial charge in [0.1, 0.15) is 16.8 Å². The predicted molar refractivity (Wildman–Crippen MR) is 88.4 cm³/mol. The Morgan fingerprint density at radius 2 is 2.22 bits per heavy atom. The van der Waals surface area contributed by atoms with Crippen LogP contribution < -0.4 is 5.32 Å². The fourth-order valence-corrected chi connectivity index (χ4v) is 4.42. The van der Waals surface area contributed by atoms with E-state index in [0.717, 1.165) is 5.54 Å². The summed E-state index contributed by atoms with van der Waals surface area (Å²) in [5, 5.41) is 11.7. The third-order valence-corrected chi connectivity index (χ3v) is 6.04. The second-order valence-electron chi connectivity index (χ2n) is 5.32. The van der Waals surface area contributed by atoms with E-state index in [1.54, 1.807) is 0 Å². The van der Waals surface area contributed by atoms with Crippen molar-refractivity contribution in [3.8, 4) is 0 Å². The summed E-state index contributed by atoms with van der Waals surface area (Å²) in [4.78, 5) is 48.0. The lowest BCUT2D eigenvalue weighted by Crippen LogP contribution is -2.73. The Morgan fingerprint density at radius 1 is 1.52 bits per heavy atom. The van der Waals surface area contributed by atoms with Gasteiger partial charge in [0.15, 0.2) is 5.78 Å². The molecule has 126 valence electrons. The third-order valence-electron chi connectivity index (χ3n) is 3.74. The highest BCUT2D eigenvalue weighted by Crippen LogP contribution is 2.43. The van der Waals surface area contributed by atoms with Crippen molar-refractivity contribution < 1.29 is 24.3 Å². The molecule has 0 saturated carbocycles. The topological polar surface area (TPSA) is 104 Å². The molecule has 2 N–H and O–H groups in total. The van der Waals surface area contributed by atoms with Crippen LogP contribution in [-0.2, 0) is 19.2 Å². The van der Waals surface area contributed by atoms with Crippen LogP contribution in [0.1, 0.15) is 6.42 Å². The van der Waals surface area contributed by atoms with E-state index in [-0.39, 0.29) is 41.1 Å². The molecule has 2 aliphatic heterocycles. The lowest BCUT2D eigenvalue weighted by molar-refractivity contribution is -0.156. The molecule has 2 unspecified atom stereocenters. The van der Waals surface area contributed by atoms with Crippen LogP contribution in [0.4, 0.5) is 0 Å². The van der Waals surface area contributed by atoms with Gasteiger partial charge in [-0.25, -0.2) is 0 Å². The maximum atomic E-state index is 12.2. The molecule has 0 spiro atoms. The second-order valence-corrected chi connectivity index (χ2v) is 7.23. The molecule has 0 aliphatic carbocycles. The van der Waals surface area contributed by atoms with Gasteiger partial charge in [-0.05, 0) is 0 Å². The number of halogens is 2. The molecule has 2 amide bonds. The summed E-state index contributed by atoms with van der Waals surface area (Å²) >= 11 is 9.76. The highest BCUT2D eigenvalue weighted by molar-refractivity contribution is 9.09. The number of carboxylic acid groups (broad SMARTS) is 1. The van der Waals surface area contributed by atoms with Crippen LogP contribution in [0.5, 0.6) is 0 Å². The number of carboxylic acids is 1. The summed E-state index contributed by atoms with van der Waals surface area (Å²) in [6.07, 6.45) is 1.08. The fourth-order valence-electron chi connectivity index (χ4n) is 2.47. The van der Waals surface area contributed by atoms with Gasteiger partial charge in [0, 0.05) is 17.8 Å². The molecule has 2 rings (SSSR count). The zero-order valence-corrected chi connectivity index (χ0v) is 15.0. The van der Waals surface area contributed by atoms with Crippen LogP contribution in [0.3, 0.4) is 0 Å². The standard InChI is InChI=1S/C13H14BrClN2O5S/c14-4-7(18)3-8(19)16-9-10(20)17-5-13(1-2-15,12(21)22)6-23-11(9)17/h1-2,9,11H,3-6H2,(H,16,19)(H,21,22)/t9?,11-,13?/m1/s1. The average Bonchev–Trinajstić information content (AvgIpc) is 2.52. The Balaban J connectivity index is 2.00. The van der Waals surface area contributed by atoms with Gasteiger partial charge in [0.05, 0.1) is 11.8 Å². The lowest BCUT2D eigenvalue weighted by Gasteiger charge is -2.53. The van der Waals surface area contributed by atoms with Crippen molar-refractivity contribution in [1.82, 2.24) is 10.2 Å². The number of ketones is 1. The van der Waals surface area contributed by atoms with Crippen molar-refractivity contribution in [2.75, 3.05) is 17.6 Å². The second kappa shape index (κ2) is 7.23. The molecule has 7 nitrogen and oxygen atoms in total. The van der Waals surface area contributed by atoms with Gasteiger partial charge in [0.2, 0.25) is 11.8 Å². The van der Waals surface area contributed by atoms with Gasteiger partial charge in [-0.2, -0.15) is 0 Å². The SMILES string of the molecule is O=C(CBr)CC(=O)NC1C(=O)N2CC(C=CCl)(C(=O)O)CS[C@H]12. The first-order valence-electron chi connectivity index (χ1n) is 6.65. The number of carbonyl (C=O) groups is 4. The molecule has 23 heavy (non-hydrogen) atoms. The number of fused-ring (bicyclic) bond motifs is 1. The molecule has 2 heterocycles. The maximum absolute atomic E-state index is 12.2. The molecule has 0 aromatic carbocycles. The molecule has 0 bridgehead atoms. The lowest BCUT2D eigenvalue weighted by atomic mass is 9.87. The summed E-state index contributed by atoms with van der Waals surface area (Å²) in [6, 6.07) is -0.720. The van der Waals surface area contributed by atoms with Crippen LogP contribution in [0.2, 0.25) is 0 Å². The number of Topliss-reactive ketones (excluding diaryl/α,β-unsaturated/α-hetero) is 1. The Morgan fingerprint density at radius 3 is 2.78 bits per heavy atom. The Bertz CT molecular complexity index is 587. The van der Waals surface area contributed by atoms with Crippen molar-refractivity contribution >= 4 is 62.9 Å². The van der Waals surface area contributed by atoms with Crippen molar-refractivity contribution in [2.45, 2.75) is 17.8 Å². The van der Waals surface area contributed by atoms with Gasteiger partial charge < -0.3 is 15.3 Å². The van der Waals surface area contributed by atoms with Crippen LogP contribution >= 0.6 is 39.3 Å². The molecular formula is C13H14BrClN2O5S. The molecule has 2 saturated heterocycles. The number of aliphatic carboxylic acids is 1. The summed E-state index contributed by atoms with van der Waals surface area (Å²) in [6.45, 7) is 0.00868. The van der Waals surface area contributed by atoms with Crippen molar-refractivity contribution in [3.63, 3.8) is 0 Å². The van der Waals surface area contributed by atoms with Gasteiger partial charge in [-0.15, -0.1) is 11.8 Å². The first-order chi connectivity index (χ1) is 10.8.